The minimum Gasteiger partial charge on any atom is -0.395 e. The van der Waals surface area contributed by atoms with Crippen molar-refractivity contribution >= 4 is 5.69 Å². The number of aliphatic hydroxyl groups is 1. The van der Waals surface area contributed by atoms with E-state index in [1.54, 1.807) is 12.4 Å². The second kappa shape index (κ2) is 4.79. The van der Waals surface area contributed by atoms with E-state index in [0.29, 0.717) is 6.54 Å². The molecule has 3 N–H and O–H groups in total. The van der Waals surface area contributed by atoms with Gasteiger partial charge in [-0.05, 0) is 12.1 Å². The molecule has 4 nitrogen and oxygen atoms in total. The van der Waals surface area contributed by atoms with Crippen LogP contribution in [-0.2, 0) is 0 Å². The number of hydrogen-bond donors (Lipinski definition) is 2. The molecule has 0 aromatic carbocycles. The molecule has 0 saturated heterocycles. The SMILES string of the molecule is CN(CC(N)CO)c1cccnc1. The summed E-state index contributed by atoms with van der Waals surface area (Å²) in [5, 5.41) is 8.76. The fourth-order valence-electron chi connectivity index (χ4n) is 1.09. The predicted octanol–water partition coefficient (Wildman–Crippen LogP) is -0.163. The average Bonchev–Trinajstić information content (AvgIpc) is 2.19. The fourth-order valence-corrected chi connectivity index (χ4v) is 1.09. The van der Waals surface area contributed by atoms with Crippen molar-refractivity contribution in [2.75, 3.05) is 25.1 Å². The van der Waals surface area contributed by atoms with E-state index in [0.717, 1.165) is 5.69 Å². The van der Waals surface area contributed by atoms with Gasteiger partial charge in [0.05, 0.1) is 18.5 Å². The Morgan fingerprint density at radius 3 is 3.00 bits per heavy atom. The van der Waals surface area contributed by atoms with Gasteiger partial charge in [0.2, 0.25) is 0 Å². The number of aromatic nitrogens is 1. The molecule has 1 heterocycles. The van der Waals surface area contributed by atoms with Crippen molar-refractivity contribution in [2.45, 2.75) is 6.04 Å². The molecule has 0 amide bonds. The molecule has 13 heavy (non-hydrogen) atoms. The zero-order chi connectivity index (χ0) is 9.68. The lowest BCUT2D eigenvalue weighted by molar-refractivity contribution is 0.267. The minimum atomic E-state index is -0.204. The van der Waals surface area contributed by atoms with Gasteiger partial charge in [0, 0.05) is 25.8 Å². The van der Waals surface area contributed by atoms with Gasteiger partial charge in [0.25, 0.3) is 0 Å². The second-order valence-corrected chi connectivity index (χ2v) is 3.03. The largest absolute Gasteiger partial charge is 0.395 e. The van der Waals surface area contributed by atoms with Gasteiger partial charge in [-0.25, -0.2) is 0 Å². The third-order valence-corrected chi connectivity index (χ3v) is 1.83. The number of rotatable bonds is 4. The van der Waals surface area contributed by atoms with Crippen molar-refractivity contribution in [2.24, 2.45) is 5.73 Å². The summed E-state index contributed by atoms with van der Waals surface area (Å²) >= 11 is 0. The van der Waals surface area contributed by atoms with Crippen LogP contribution in [0.4, 0.5) is 5.69 Å². The summed E-state index contributed by atoms with van der Waals surface area (Å²) < 4.78 is 0. The minimum absolute atomic E-state index is 0.00457. The zero-order valence-electron chi connectivity index (χ0n) is 7.72. The lowest BCUT2D eigenvalue weighted by Gasteiger charge is -2.21. The molecule has 1 aromatic rings. The lowest BCUT2D eigenvalue weighted by atomic mass is 10.3. The van der Waals surface area contributed by atoms with Gasteiger partial charge in [-0.3, -0.25) is 4.98 Å². The molecular formula is C9H15N3O. The predicted molar refractivity (Wildman–Crippen MR) is 52.6 cm³/mol. The Bertz CT molecular complexity index is 240. The molecule has 0 radical (unpaired) electrons. The number of nitrogens with two attached hydrogens (primary N) is 1. The van der Waals surface area contributed by atoms with Crippen LogP contribution in [0.3, 0.4) is 0 Å². The lowest BCUT2D eigenvalue weighted by Crippen LogP contribution is -2.37. The molecule has 72 valence electrons. The summed E-state index contributed by atoms with van der Waals surface area (Å²) in [7, 11) is 1.92. The smallest absolute Gasteiger partial charge is 0.0599 e. The van der Waals surface area contributed by atoms with Crippen molar-refractivity contribution in [3.8, 4) is 0 Å². The van der Waals surface area contributed by atoms with Gasteiger partial charge in [0.15, 0.2) is 0 Å². The van der Waals surface area contributed by atoms with Crippen LogP contribution >= 0.6 is 0 Å². The Balaban J connectivity index is 2.53. The average molecular weight is 181 g/mol. The molecule has 1 rings (SSSR count). The van der Waals surface area contributed by atoms with E-state index in [1.807, 2.05) is 24.1 Å². The zero-order valence-corrected chi connectivity index (χ0v) is 7.72. The molecular weight excluding hydrogens is 166 g/mol. The van der Waals surface area contributed by atoms with Crippen molar-refractivity contribution in [3.05, 3.63) is 24.5 Å². The highest BCUT2D eigenvalue weighted by Crippen LogP contribution is 2.08. The van der Waals surface area contributed by atoms with Crippen LogP contribution in [0.5, 0.6) is 0 Å². The van der Waals surface area contributed by atoms with Gasteiger partial charge < -0.3 is 15.7 Å². The molecule has 0 fully saturated rings. The Hall–Kier alpha value is -1.13. The number of aliphatic hydroxyl groups excluding tert-OH is 1. The maximum absolute atomic E-state index is 8.76. The van der Waals surface area contributed by atoms with Crippen LogP contribution in [0.15, 0.2) is 24.5 Å². The molecule has 1 atom stereocenters. The summed E-state index contributed by atoms with van der Waals surface area (Å²) in [6.07, 6.45) is 3.49. The number of hydrogen-bond acceptors (Lipinski definition) is 4. The molecule has 0 bridgehead atoms. The van der Waals surface area contributed by atoms with Crippen molar-refractivity contribution in [1.82, 2.24) is 4.98 Å². The normalized spacial score (nSPS) is 12.5. The highest BCUT2D eigenvalue weighted by atomic mass is 16.3. The van der Waals surface area contributed by atoms with E-state index in [1.165, 1.54) is 0 Å². The molecule has 1 unspecified atom stereocenters. The first kappa shape index (κ1) is 9.95. The Morgan fingerprint density at radius 2 is 2.46 bits per heavy atom. The van der Waals surface area contributed by atoms with E-state index in [2.05, 4.69) is 4.98 Å². The van der Waals surface area contributed by atoms with Gasteiger partial charge in [0.1, 0.15) is 0 Å². The molecule has 0 spiro atoms. The van der Waals surface area contributed by atoms with Crippen LogP contribution in [0.2, 0.25) is 0 Å². The van der Waals surface area contributed by atoms with E-state index in [9.17, 15) is 0 Å². The van der Waals surface area contributed by atoms with Gasteiger partial charge in [-0.1, -0.05) is 0 Å². The van der Waals surface area contributed by atoms with Crippen molar-refractivity contribution < 1.29 is 5.11 Å². The number of likely N-dealkylation sites (N-methyl/N-ethyl adjacent to an activating group) is 1. The maximum atomic E-state index is 8.76. The summed E-state index contributed by atoms with van der Waals surface area (Å²) in [5.74, 6) is 0. The first-order valence-corrected chi connectivity index (χ1v) is 4.21. The third-order valence-electron chi connectivity index (χ3n) is 1.83. The van der Waals surface area contributed by atoms with Gasteiger partial charge in [-0.15, -0.1) is 0 Å². The molecule has 1 aromatic heterocycles. The summed E-state index contributed by atoms with van der Waals surface area (Å²) in [6, 6.07) is 3.62. The van der Waals surface area contributed by atoms with Crippen LogP contribution in [0, 0.1) is 0 Å². The number of nitrogens with zero attached hydrogens (tertiary/aromatic N) is 2. The molecule has 0 saturated carbocycles. The fraction of sp³-hybridized carbons (Fsp3) is 0.444. The Morgan fingerprint density at radius 1 is 1.69 bits per heavy atom. The highest BCUT2D eigenvalue weighted by Gasteiger charge is 2.05. The topological polar surface area (TPSA) is 62.4 Å². The Labute approximate surface area is 78.0 Å². The van der Waals surface area contributed by atoms with E-state index in [-0.39, 0.29) is 12.6 Å². The quantitative estimate of drug-likeness (QED) is 0.677. The summed E-state index contributed by atoms with van der Waals surface area (Å²) in [5.41, 5.74) is 6.61. The molecule has 0 aliphatic heterocycles. The third kappa shape index (κ3) is 3.01. The first-order valence-electron chi connectivity index (χ1n) is 4.21. The second-order valence-electron chi connectivity index (χ2n) is 3.03. The van der Waals surface area contributed by atoms with Crippen LogP contribution in [-0.4, -0.2) is 36.3 Å². The van der Waals surface area contributed by atoms with E-state index < -0.39 is 0 Å². The molecule has 4 heteroatoms. The summed E-state index contributed by atoms with van der Waals surface area (Å²) in [4.78, 5) is 5.96. The maximum Gasteiger partial charge on any atom is 0.0599 e. The van der Waals surface area contributed by atoms with Crippen LogP contribution in [0.1, 0.15) is 0 Å². The molecule has 0 aliphatic rings. The van der Waals surface area contributed by atoms with Gasteiger partial charge >= 0.3 is 0 Å². The van der Waals surface area contributed by atoms with Crippen molar-refractivity contribution in [1.29, 1.82) is 0 Å². The first-order chi connectivity index (χ1) is 6.24. The summed E-state index contributed by atoms with van der Waals surface area (Å²) in [6.45, 7) is 0.632. The van der Waals surface area contributed by atoms with Gasteiger partial charge in [-0.2, -0.15) is 0 Å². The van der Waals surface area contributed by atoms with E-state index in [4.69, 9.17) is 10.8 Å². The number of pyridine rings is 1. The molecule has 0 aliphatic carbocycles. The monoisotopic (exact) mass is 181 g/mol. The Kier molecular flexibility index (Phi) is 3.67. The van der Waals surface area contributed by atoms with E-state index >= 15 is 0 Å². The standard InChI is InChI=1S/C9H15N3O/c1-12(6-8(10)7-13)9-3-2-4-11-5-9/h2-5,8,13H,6-7,10H2,1H3. The van der Waals surface area contributed by atoms with Crippen LogP contribution < -0.4 is 10.6 Å². The number of anilines is 1. The van der Waals surface area contributed by atoms with Crippen molar-refractivity contribution in [3.63, 3.8) is 0 Å². The highest BCUT2D eigenvalue weighted by molar-refractivity contribution is 5.42. The van der Waals surface area contributed by atoms with Crippen LogP contribution in [0.25, 0.3) is 0 Å².